The third kappa shape index (κ3) is 11.7. The molecule has 0 saturated heterocycles. The summed E-state index contributed by atoms with van der Waals surface area (Å²) in [6, 6.07) is 6.69. The predicted molar refractivity (Wildman–Crippen MR) is 120 cm³/mol. The van der Waals surface area contributed by atoms with Crippen molar-refractivity contribution in [3.8, 4) is 0 Å². The molecule has 0 heterocycles. The molecule has 0 aliphatic carbocycles. The van der Waals surface area contributed by atoms with Crippen molar-refractivity contribution in [2.45, 2.75) is 84.0 Å². The molecule has 1 aromatic carbocycles. The van der Waals surface area contributed by atoms with Gasteiger partial charge < -0.3 is 16.4 Å². The van der Waals surface area contributed by atoms with Gasteiger partial charge in [-0.1, -0.05) is 77.2 Å². The number of rotatable bonds is 14. The lowest BCUT2D eigenvalue weighted by atomic mass is 10.1. The monoisotopic (exact) mass is 405 g/mol. The van der Waals surface area contributed by atoms with E-state index in [0.29, 0.717) is 17.7 Å². The molecule has 1 aromatic rings. The first-order chi connectivity index (χ1) is 13.5. The zero-order valence-electron chi connectivity index (χ0n) is 17.1. The molecule has 0 saturated carbocycles. The van der Waals surface area contributed by atoms with Gasteiger partial charge >= 0.3 is 0 Å². The largest absolute Gasteiger partial charge is 0.366 e. The number of hydrogen-bond acceptors (Lipinski definition) is 3. The SMILES string of the molecule is CCCCCCCCCCCCCC(=O)NC(=S)Nc1cccc(C(N)=O)c1. The fourth-order valence-corrected chi connectivity index (χ4v) is 3.28. The average molecular weight is 406 g/mol. The Hall–Kier alpha value is -1.95. The molecule has 0 spiro atoms. The molecule has 0 aromatic heterocycles. The van der Waals surface area contributed by atoms with Crippen LogP contribution in [0.1, 0.15) is 94.3 Å². The van der Waals surface area contributed by atoms with Gasteiger partial charge in [-0.15, -0.1) is 0 Å². The molecule has 0 radical (unpaired) electrons. The number of thiocarbonyl (C=S) groups is 1. The number of nitrogens with one attached hydrogen (secondary N) is 2. The fraction of sp³-hybridized carbons (Fsp3) is 0.591. The molecule has 156 valence electrons. The standard InChI is InChI=1S/C22H35N3O2S/c1-2-3-4-5-6-7-8-9-10-11-12-16-20(26)25-22(28)24-19-15-13-14-18(17-19)21(23)27/h13-15,17H,2-12,16H2,1H3,(H2,23,27)(H2,24,25,26,28). The lowest BCUT2D eigenvalue weighted by molar-refractivity contribution is -0.119. The smallest absolute Gasteiger partial charge is 0.248 e. The van der Waals surface area contributed by atoms with Gasteiger partial charge in [0.05, 0.1) is 0 Å². The van der Waals surface area contributed by atoms with Gasteiger partial charge in [0.1, 0.15) is 0 Å². The summed E-state index contributed by atoms with van der Waals surface area (Å²) in [5, 5.41) is 5.81. The van der Waals surface area contributed by atoms with Gasteiger partial charge in [-0.3, -0.25) is 9.59 Å². The van der Waals surface area contributed by atoms with E-state index in [0.717, 1.165) is 12.8 Å². The molecule has 0 atom stereocenters. The highest BCUT2D eigenvalue weighted by molar-refractivity contribution is 7.80. The summed E-state index contributed by atoms with van der Waals surface area (Å²) < 4.78 is 0. The maximum atomic E-state index is 12.0. The van der Waals surface area contributed by atoms with Crippen LogP contribution in [0.25, 0.3) is 0 Å². The molecular formula is C22H35N3O2S. The minimum atomic E-state index is -0.505. The summed E-state index contributed by atoms with van der Waals surface area (Å²) in [7, 11) is 0. The Morgan fingerprint density at radius 1 is 0.929 bits per heavy atom. The van der Waals surface area contributed by atoms with Crippen LogP contribution in [-0.2, 0) is 4.79 Å². The van der Waals surface area contributed by atoms with E-state index in [2.05, 4.69) is 17.6 Å². The normalized spacial score (nSPS) is 10.5. The number of benzene rings is 1. The third-order valence-electron chi connectivity index (χ3n) is 4.67. The quantitative estimate of drug-likeness (QED) is 0.290. The van der Waals surface area contributed by atoms with Gasteiger partial charge in [0.2, 0.25) is 11.8 Å². The van der Waals surface area contributed by atoms with Crippen molar-refractivity contribution in [3.05, 3.63) is 29.8 Å². The average Bonchev–Trinajstić information content (AvgIpc) is 2.66. The van der Waals surface area contributed by atoms with Crippen molar-refractivity contribution in [3.63, 3.8) is 0 Å². The van der Waals surface area contributed by atoms with E-state index < -0.39 is 5.91 Å². The number of unbranched alkanes of at least 4 members (excludes halogenated alkanes) is 10. The van der Waals surface area contributed by atoms with Gasteiger partial charge in [0.25, 0.3) is 0 Å². The maximum Gasteiger partial charge on any atom is 0.248 e. The predicted octanol–water partition coefficient (Wildman–Crippen LogP) is 5.30. The van der Waals surface area contributed by atoms with E-state index in [-0.39, 0.29) is 11.0 Å². The molecule has 2 amide bonds. The highest BCUT2D eigenvalue weighted by Gasteiger charge is 2.06. The number of nitrogens with two attached hydrogens (primary N) is 1. The number of primary amides is 1. The molecule has 0 aliphatic rings. The summed E-state index contributed by atoms with van der Waals surface area (Å²) in [6.45, 7) is 2.24. The van der Waals surface area contributed by atoms with Crippen LogP contribution in [0.2, 0.25) is 0 Å². The molecule has 0 aliphatic heterocycles. The van der Waals surface area contributed by atoms with Gasteiger partial charge in [0.15, 0.2) is 5.11 Å². The van der Waals surface area contributed by atoms with Crippen LogP contribution in [0.15, 0.2) is 24.3 Å². The zero-order chi connectivity index (χ0) is 20.6. The summed E-state index contributed by atoms with van der Waals surface area (Å²) >= 11 is 5.15. The van der Waals surface area contributed by atoms with E-state index in [1.165, 1.54) is 57.8 Å². The minimum Gasteiger partial charge on any atom is -0.366 e. The van der Waals surface area contributed by atoms with E-state index in [1.54, 1.807) is 24.3 Å². The number of anilines is 1. The maximum absolute atomic E-state index is 12.0. The topological polar surface area (TPSA) is 84.2 Å². The first kappa shape index (κ1) is 24.1. The Labute approximate surface area is 174 Å². The highest BCUT2D eigenvalue weighted by atomic mass is 32.1. The second-order valence-corrected chi connectivity index (χ2v) is 7.64. The second kappa shape index (κ2) is 15.0. The van der Waals surface area contributed by atoms with Crippen LogP contribution >= 0.6 is 12.2 Å². The van der Waals surface area contributed by atoms with Crippen LogP contribution in [0.4, 0.5) is 5.69 Å². The Bertz CT molecular complexity index is 620. The Balaban J connectivity index is 2.06. The van der Waals surface area contributed by atoms with Crippen molar-refractivity contribution in [2.75, 3.05) is 5.32 Å². The van der Waals surface area contributed by atoms with Crippen LogP contribution < -0.4 is 16.4 Å². The Morgan fingerprint density at radius 2 is 1.50 bits per heavy atom. The molecule has 5 nitrogen and oxygen atoms in total. The number of hydrogen-bond donors (Lipinski definition) is 3. The van der Waals surface area contributed by atoms with Crippen LogP contribution in [-0.4, -0.2) is 16.9 Å². The highest BCUT2D eigenvalue weighted by Crippen LogP contribution is 2.12. The van der Waals surface area contributed by atoms with Crippen LogP contribution in [0, 0.1) is 0 Å². The van der Waals surface area contributed by atoms with E-state index >= 15 is 0 Å². The number of carbonyl (C=O) groups excluding carboxylic acids is 2. The number of carbonyl (C=O) groups is 2. The first-order valence-corrected chi connectivity index (χ1v) is 10.9. The van der Waals surface area contributed by atoms with Crippen LogP contribution in [0.5, 0.6) is 0 Å². The van der Waals surface area contributed by atoms with Crippen molar-refractivity contribution >= 4 is 34.8 Å². The van der Waals surface area contributed by atoms with Gasteiger partial charge in [-0.25, -0.2) is 0 Å². The molecule has 0 unspecified atom stereocenters. The Morgan fingerprint density at radius 3 is 2.07 bits per heavy atom. The summed E-state index contributed by atoms with van der Waals surface area (Å²) in [6.07, 6.45) is 14.3. The number of amides is 2. The third-order valence-corrected chi connectivity index (χ3v) is 4.87. The van der Waals surface area contributed by atoms with Crippen LogP contribution in [0.3, 0.4) is 0 Å². The zero-order valence-corrected chi connectivity index (χ0v) is 17.9. The molecule has 0 bridgehead atoms. The minimum absolute atomic E-state index is 0.0838. The molecule has 0 fully saturated rings. The second-order valence-electron chi connectivity index (χ2n) is 7.23. The summed E-state index contributed by atoms with van der Waals surface area (Å²) in [5.74, 6) is -0.588. The van der Waals surface area contributed by atoms with Gasteiger partial charge in [-0.05, 0) is 36.8 Å². The van der Waals surface area contributed by atoms with Crippen molar-refractivity contribution in [1.29, 1.82) is 0 Å². The lowest BCUT2D eigenvalue weighted by Gasteiger charge is -2.10. The molecule has 4 N–H and O–H groups in total. The van der Waals surface area contributed by atoms with E-state index in [4.69, 9.17) is 18.0 Å². The Kier molecular flexibility index (Phi) is 12.9. The molecule has 28 heavy (non-hydrogen) atoms. The van der Waals surface area contributed by atoms with Gasteiger partial charge in [0, 0.05) is 17.7 Å². The van der Waals surface area contributed by atoms with E-state index in [1.807, 2.05) is 0 Å². The fourth-order valence-electron chi connectivity index (χ4n) is 3.05. The lowest BCUT2D eigenvalue weighted by Crippen LogP contribution is -2.34. The molecular weight excluding hydrogens is 370 g/mol. The first-order valence-electron chi connectivity index (χ1n) is 10.5. The van der Waals surface area contributed by atoms with Crippen molar-refractivity contribution in [2.24, 2.45) is 5.73 Å². The summed E-state index contributed by atoms with van der Waals surface area (Å²) in [5.41, 5.74) is 6.27. The van der Waals surface area contributed by atoms with Gasteiger partial charge in [-0.2, -0.15) is 0 Å². The van der Waals surface area contributed by atoms with E-state index in [9.17, 15) is 9.59 Å². The molecule has 1 rings (SSSR count). The summed E-state index contributed by atoms with van der Waals surface area (Å²) in [4.78, 5) is 23.2. The molecule has 6 heteroatoms. The van der Waals surface area contributed by atoms with Crippen molar-refractivity contribution < 1.29 is 9.59 Å². The van der Waals surface area contributed by atoms with Crippen molar-refractivity contribution in [1.82, 2.24) is 5.32 Å².